The Bertz CT molecular complexity index is 738. The van der Waals surface area contributed by atoms with E-state index in [2.05, 4.69) is 15.3 Å². The molecular weight excluding hydrogens is 284 g/mol. The predicted octanol–water partition coefficient (Wildman–Crippen LogP) is 0.195. The molecule has 1 aromatic carbocycles. The normalized spacial score (nSPS) is 28.0. The Kier molecular flexibility index (Phi) is 2.74. The molecule has 2 saturated heterocycles. The van der Waals surface area contributed by atoms with Crippen LogP contribution in [0.1, 0.15) is 5.82 Å². The average molecular weight is 300 g/mol. The molecule has 3 N–H and O–H groups in total. The zero-order valence-corrected chi connectivity index (χ0v) is 11.9. The van der Waals surface area contributed by atoms with Gasteiger partial charge in [0.05, 0.1) is 23.5 Å². The van der Waals surface area contributed by atoms with Crippen molar-refractivity contribution in [2.75, 3.05) is 19.6 Å². The van der Waals surface area contributed by atoms with Crippen molar-refractivity contribution in [3.05, 3.63) is 30.1 Å². The molecule has 114 valence electrons. The number of carbonyl (C=O) groups is 2. The molecule has 3 heterocycles. The third kappa shape index (κ3) is 1.82. The van der Waals surface area contributed by atoms with Crippen molar-refractivity contribution < 1.29 is 14.7 Å². The summed E-state index contributed by atoms with van der Waals surface area (Å²) in [6.07, 6.45) is 0. The van der Waals surface area contributed by atoms with Crippen LogP contribution in [0.3, 0.4) is 0 Å². The fraction of sp³-hybridized carbons (Fsp3) is 0.400. The first-order valence-electron chi connectivity index (χ1n) is 7.25. The number of aliphatic carboxylic acids is 1. The minimum absolute atomic E-state index is 0.158. The SMILES string of the molecule is O=C1NC[C@@]2(C(=O)O)CN(Cc3nc4ccccc4[nH]3)C[C@@H]12. The third-order valence-corrected chi connectivity index (χ3v) is 4.75. The Morgan fingerprint density at radius 3 is 3.00 bits per heavy atom. The molecule has 2 fully saturated rings. The van der Waals surface area contributed by atoms with Crippen molar-refractivity contribution in [1.82, 2.24) is 20.2 Å². The summed E-state index contributed by atoms with van der Waals surface area (Å²) < 4.78 is 0. The van der Waals surface area contributed by atoms with Crippen LogP contribution in [-0.2, 0) is 16.1 Å². The molecule has 4 rings (SSSR count). The number of aromatic nitrogens is 2. The number of hydrogen-bond acceptors (Lipinski definition) is 4. The second-order valence-corrected chi connectivity index (χ2v) is 6.10. The first-order chi connectivity index (χ1) is 10.6. The molecule has 0 unspecified atom stereocenters. The summed E-state index contributed by atoms with van der Waals surface area (Å²) in [6, 6.07) is 7.75. The van der Waals surface area contributed by atoms with Gasteiger partial charge in [-0.05, 0) is 12.1 Å². The van der Waals surface area contributed by atoms with E-state index in [1.165, 1.54) is 0 Å². The summed E-state index contributed by atoms with van der Waals surface area (Å²) in [5, 5.41) is 12.2. The van der Waals surface area contributed by atoms with Gasteiger partial charge in [0.25, 0.3) is 0 Å². The fourth-order valence-corrected chi connectivity index (χ4v) is 3.59. The Morgan fingerprint density at radius 1 is 1.45 bits per heavy atom. The first kappa shape index (κ1) is 13.3. The van der Waals surface area contributed by atoms with E-state index in [1.807, 2.05) is 29.2 Å². The molecule has 1 amide bonds. The number of nitrogens with zero attached hydrogens (tertiary/aromatic N) is 2. The molecule has 7 nitrogen and oxygen atoms in total. The standard InChI is InChI=1S/C15H16N4O3/c20-13-9-5-19(8-15(9,7-16-13)14(21)22)6-12-17-10-3-1-2-4-11(10)18-12/h1-4,9H,5-8H2,(H,16,20)(H,17,18)(H,21,22)/t9-,15+/m0/s1. The molecule has 2 aromatic rings. The molecule has 1 aromatic heterocycles. The summed E-state index contributed by atoms with van der Waals surface area (Å²) in [6.45, 7) is 1.55. The number of rotatable bonds is 3. The highest BCUT2D eigenvalue weighted by Crippen LogP contribution is 2.40. The monoisotopic (exact) mass is 300 g/mol. The molecule has 2 atom stereocenters. The van der Waals surface area contributed by atoms with Gasteiger partial charge in [0, 0.05) is 19.6 Å². The lowest BCUT2D eigenvalue weighted by molar-refractivity contribution is -0.149. The van der Waals surface area contributed by atoms with Crippen molar-refractivity contribution in [2.45, 2.75) is 6.54 Å². The van der Waals surface area contributed by atoms with Crippen LogP contribution < -0.4 is 5.32 Å². The largest absolute Gasteiger partial charge is 0.481 e. The first-order valence-corrected chi connectivity index (χ1v) is 7.25. The number of imidazole rings is 1. The van der Waals surface area contributed by atoms with Gasteiger partial charge < -0.3 is 15.4 Å². The van der Waals surface area contributed by atoms with E-state index in [0.717, 1.165) is 16.9 Å². The van der Waals surface area contributed by atoms with Crippen LogP contribution in [0.25, 0.3) is 11.0 Å². The minimum Gasteiger partial charge on any atom is -0.481 e. The number of hydrogen-bond donors (Lipinski definition) is 3. The van der Waals surface area contributed by atoms with Gasteiger partial charge in [-0.25, -0.2) is 4.98 Å². The highest BCUT2D eigenvalue weighted by molar-refractivity contribution is 5.92. The number of amides is 1. The Labute approximate surface area is 126 Å². The van der Waals surface area contributed by atoms with Gasteiger partial charge in [-0.15, -0.1) is 0 Å². The number of aromatic amines is 1. The van der Waals surface area contributed by atoms with Crippen LogP contribution in [0.15, 0.2) is 24.3 Å². The smallest absolute Gasteiger partial charge is 0.313 e. The number of fused-ring (bicyclic) bond motifs is 2. The van der Waals surface area contributed by atoms with Crippen molar-refractivity contribution in [1.29, 1.82) is 0 Å². The van der Waals surface area contributed by atoms with E-state index in [9.17, 15) is 14.7 Å². The summed E-state index contributed by atoms with van der Waals surface area (Å²) in [5.74, 6) is -0.742. The predicted molar refractivity (Wildman–Crippen MR) is 77.9 cm³/mol. The second kappa shape index (κ2) is 4.54. The van der Waals surface area contributed by atoms with Gasteiger partial charge in [0.1, 0.15) is 11.2 Å². The van der Waals surface area contributed by atoms with E-state index >= 15 is 0 Å². The van der Waals surface area contributed by atoms with Gasteiger partial charge in [0.2, 0.25) is 5.91 Å². The fourth-order valence-electron chi connectivity index (χ4n) is 3.59. The maximum absolute atomic E-state index is 11.9. The number of carbonyl (C=O) groups excluding carboxylic acids is 1. The lowest BCUT2D eigenvalue weighted by atomic mass is 9.81. The molecule has 0 bridgehead atoms. The lowest BCUT2D eigenvalue weighted by Gasteiger charge is -2.21. The highest BCUT2D eigenvalue weighted by Gasteiger charge is 2.59. The second-order valence-electron chi connectivity index (χ2n) is 6.10. The van der Waals surface area contributed by atoms with E-state index in [1.54, 1.807) is 0 Å². The van der Waals surface area contributed by atoms with Crippen LogP contribution in [-0.4, -0.2) is 51.5 Å². The van der Waals surface area contributed by atoms with Gasteiger partial charge in [-0.2, -0.15) is 0 Å². The molecule has 22 heavy (non-hydrogen) atoms. The van der Waals surface area contributed by atoms with E-state index in [4.69, 9.17) is 0 Å². The van der Waals surface area contributed by atoms with Crippen LogP contribution in [0.2, 0.25) is 0 Å². The highest BCUT2D eigenvalue weighted by atomic mass is 16.4. The minimum atomic E-state index is -0.997. The number of carboxylic acids is 1. The maximum Gasteiger partial charge on any atom is 0.313 e. The zero-order chi connectivity index (χ0) is 15.3. The summed E-state index contributed by atoms with van der Waals surface area (Å²) in [5.41, 5.74) is 0.855. The number of H-pyrrole nitrogens is 1. The lowest BCUT2D eigenvalue weighted by Crippen LogP contribution is -2.40. The molecule has 0 radical (unpaired) electrons. The molecule has 2 aliphatic rings. The number of carboxylic acid groups (broad SMARTS) is 1. The summed E-state index contributed by atoms with van der Waals surface area (Å²) >= 11 is 0. The van der Waals surface area contributed by atoms with Gasteiger partial charge >= 0.3 is 5.97 Å². The number of nitrogens with one attached hydrogen (secondary N) is 2. The van der Waals surface area contributed by atoms with Crippen LogP contribution in [0.5, 0.6) is 0 Å². The molecule has 0 aliphatic carbocycles. The van der Waals surface area contributed by atoms with Gasteiger partial charge in [0.15, 0.2) is 0 Å². The van der Waals surface area contributed by atoms with E-state index in [0.29, 0.717) is 19.6 Å². The molecule has 0 spiro atoms. The van der Waals surface area contributed by atoms with Crippen molar-refractivity contribution >= 4 is 22.9 Å². The van der Waals surface area contributed by atoms with E-state index in [-0.39, 0.29) is 12.5 Å². The maximum atomic E-state index is 11.9. The van der Waals surface area contributed by atoms with Crippen LogP contribution in [0, 0.1) is 11.3 Å². The van der Waals surface area contributed by atoms with Crippen LogP contribution >= 0.6 is 0 Å². The topological polar surface area (TPSA) is 98.3 Å². The number of likely N-dealkylation sites (tertiary alicyclic amines) is 1. The Hall–Kier alpha value is -2.41. The number of benzene rings is 1. The number of para-hydroxylation sites is 2. The summed E-state index contributed by atoms with van der Waals surface area (Å²) in [7, 11) is 0. The van der Waals surface area contributed by atoms with Gasteiger partial charge in [-0.1, -0.05) is 12.1 Å². The average Bonchev–Trinajstić information content (AvgIpc) is 3.13. The van der Waals surface area contributed by atoms with E-state index < -0.39 is 17.3 Å². The Morgan fingerprint density at radius 2 is 2.27 bits per heavy atom. The van der Waals surface area contributed by atoms with Crippen molar-refractivity contribution in [3.8, 4) is 0 Å². The van der Waals surface area contributed by atoms with Crippen molar-refractivity contribution in [3.63, 3.8) is 0 Å². The van der Waals surface area contributed by atoms with Gasteiger partial charge in [-0.3, -0.25) is 14.5 Å². The molecule has 7 heteroatoms. The Balaban J connectivity index is 1.57. The quantitative estimate of drug-likeness (QED) is 0.752. The van der Waals surface area contributed by atoms with Crippen LogP contribution in [0.4, 0.5) is 0 Å². The third-order valence-electron chi connectivity index (χ3n) is 4.75. The molecule has 0 saturated carbocycles. The summed E-state index contributed by atoms with van der Waals surface area (Å²) in [4.78, 5) is 33.3. The molecular formula is C15H16N4O3. The van der Waals surface area contributed by atoms with Crippen molar-refractivity contribution in [2.24, 2.45) is 11.3 Å². The zero-order valence-electron chi connectivity index (χ0n) is 11.9. The molecule has 2 aliphatic heterocycles.